The summed E-state index contributed by atoms with van der Waals surface area (Å²) in [4.78, 5) is 11.6. The van der Waals surface area contributed by atoms with Crippen LogP contribution in [0.1, 0.15) is 19.8 Å². The summed E-state index contributed by atoms with van der Waals surface area (Å²) in [5.41, 5.74) is 2.16. The van der Waals surface area contributed by atoms with Crippen LogP contribution >= 0.6 is 0 Å². The Bertz CT molecular complexity index is 439. The van der Waals surface area contributed by atoms with Crippen molar-refractivity contribution >= 4 is 14.0 Å². The minimum absolute atomic E-state index is 0.257. The first-order valence-corrected chi connectivity index (χ1v) is 10.6. The first-order chi connectivity index (χ1) is 9.36. The van der Waals surface area contributed by atoms with Crippen molar-refractivity contribution in [2.45, 2.75) is 39.4 Å². The molecule has 1 rings (SSSR count). The molecule has 0 radical (unpaired) electrons. The fourth-order valence-electron chi connectivity index (χ4n) is 2.22. The minimum atomic E-state index is -1.32. The molecule has 0 aliphatic heterocycles. The van der Waals surface area contributed by atoms with Crippen LogP contribution in [0, 0.1) is 0 Å². The standard InChI is InChI=1S/C16H26O3Si/c1-6-19-16(17)11-13-7-8-15(20(3,4)5)10-14(9-13)12-18-2/h9-11H,6-8,12H2,1-5H3/b13-11+. The molecule has 0 saturated heterocycles. The smallest absolute Gasteiger partial charge is 0.331 e. The van der Waals surface area contributed by atoms with Crippen molar-refractivity contribution in [3.8, 4) is 0 Å². The Balaban J connectivity index is 2.98. The maximum Gasteiger partial charge on any atom is 0.331 e. The highest BCUT2D eigenvalue weighted by Crippen LogP contribution is 2.28. The molecule has 112 valence electrons. The molecule has 0 aromatic heterocycles. The average molecular weight is 294 g/mol. The third-order valence-electron chi connectivity index (χ3n) is 3.28. The second-order valence-corrected chi connectivity index (χ2v) is 11.2. The number of carbonyl (C=O) groups excluding carboxylic acids is 1. The zero-order valence-corrected chi connectivity index (χ0v) is 14.3. The molecule has 0 aromatic rings. The van der Waals surface area contributed by atoms with E-state index in [9.17, 15) is 4.79 Å². The van der Waals surface area contributed by atoms with E-state index in [1.165, 1.54) is 5.20 Å². The van der Waals surface area contributed by atoms with E-state index in [-0.39, 0.29) is 5.97 Å². The van der Waals surface area contributed by atoms with Crippen LogP contribution in [-0.2, 0) is 14.3 Å². The van der Waals surface area contributed by atoms with E-state index in [0.717, 1.165) is 24.0 Å². The highest BCUT2D eigenvalue weighted by Gasteiger charge is 2.21. The molecule has 3 nitrogen and oxygen atoms in total. The van der Waals surface area contributed by atoms with Gasteiger partial charge in [-0.25, -0.2) is 4.79 Å². The number of methoxy groups -OCH3 is 1. The quantitative estimate of drug-likeness (QED) is 0.441. The topological polar surface area (TPSA) is 35.5 Å². The van der Waals surface area contributed by atoms with E-state index in [4.69, 9.17) is 9.47 Å². The normalized spacial score (nSPS) is 18.4. The Morgan fingerprint density at radius 2 is 2.00 bits per heavy atom. The first-order valence-electron chi connectivity index (χ1n) is 7.14. The van der Waals surface area contributed by atoms with Crippen molar-refractivity contribution in [2.24, 2.45) is 0 Å². The third-order valence-corrected chi connectivity index (χ3v) is 5.60. The maximum atomic E-state index is 11.6. The summed E-state index contributed by atoms with van der Waals surface area (Å²) in [6.07, 6.45) is 7.85. The van der Waals surface area contributed by atoms with E-state index in [2.05, 4.69) is 31.8 Å². The van der Waals surface area contributed by atoms with E-state index in [0.29, 0.717) is 13.2 Å². The van der Waals surface area contributed by atoms with Gasteiger partial charge in [0.1, 0.15) is 0 Å². The lowest BCUT2D eigenvalue weighted by atomic mass is 10.1. The Labute approximate surface area is 123 Å². The molecule has 0 unspecified atom stereocenters. The van der Waals surface area contributed by atoms with Crippen LogP contribution < -0.4 is 0 Å². The number of hydrogen-bond donors (Lipinski definition) is 0. The van der Waals surface area contributed by atoms with Crippen molar-refractivity contribution < 1.29 is 14.3 Å². The summed E-state index contributed by atoms with van der Waals surface area (Å²) in [6, 6.07) is 0. The number of esters is 1. The fourth-order valence-corrected chi connectivity index (χ4v) is 3.71. The second-order valence-electron chi connectivity index (χ2n) is 6.04. The van der Waals surface area contributed by atoms with Gasteiger partial charge < -0.3 is 9.47 Å². The molecule has 0 saturated carbocycles. The molecular weight excluding hydrogens is 268 g/mol. The molecule has 0 spiro atoms. The number of rotatable bonds is 5. The summed E-state index contributed by atoms with van der Waals surface area (Å²) in [6.45, 7) is 9.86. The van der Waals surface area contributed by atoms with Gasteiger partial charge in [-0.1, -0.05) is 37.0 Å². The predicted octanol–water partition coefficient (Wildman–Crippen LogP) is 3.65. The van der Waals surface area contributed by atoms with E-state index in [1.807, 2.05) is 6.92 Å². The summed E-state index contributed by atoms with van der Waals surface area (Å²) in [5.74, 6) is -0.257. The number of allylic oxidation sites excluding steroid dienone is 3. The summed E-state index contributed by atoms with van der Waals surface area (Å²) < 4.78 is 10.2. The minimum Gasteiger partial charge on any atom is -0.463 e. The molecule has 0 N–H and O–H groups in total. The Hall–Kier alpha value is -1.13. The lowest BCUT2D eigenvalue weighted by molar-refractivity contribution is -0.137. The van der Waals surface area contributed by atoms with Crippen LogP contribution in [0.4, 0.5) is 0 Å². The molecule has 1 aliphatic carbocycles. The fraction of sp³-hybridized carbons (Fsp3) is 0.562. The molecule has 0 aromatic carbocycles. The Kier molecular flexibility index (Phi) is 6.43. The summed E-state index contributed by atoms with van der Waals surface area (Å²) in [5, 5.41) is 1.52. The van der Waals surface area contributed by atoms with Crippen LogP contribution in [-0.4, -0.2) is 34.4 Å². The number of hydrogen-bond acceptors (Lipinski definition) is 3. The first kappa shape index (κ1) is 16.9. The average Bonchev–Trinajstić information content (AvgIpc) is 2.52. The highest BCUT2D eigenvalue weighted by molar-refractivity contribution is 6.83. The zero-order chi connectivity index (χ0) is 15.2. The number of ether oxygens (including phenoxy) is 2. The second kappa shape index (κ2) is 7.60. The van der Waals surface area contributed by atoms with Crippen molar-refractivity contribution in [3.63, 3.8) is 0 Å². The lowest BCUT2D eigenvalue weighted by Gasteiger charge is -2.20. The zero-order valence-electron chi connectivity index (χ0n) is 13.3. The molecule has 0 amide bonds. The van der Waals surface area contributed by atoms with Crippen LogP contribution in [0.2, 0.25) is 19.6 Å². The van der Waals surface area contributed by atoms with Crippen LogP contribution in [0.15, 0.2) is 34.6 Å². The van der Waals surface area contributed by atoms with Gasteiger partial charge in [-0.15, -0.1) is 0 Å². The van der Waals surface area contributed by atoms with Crippen molar-refractivity contribution in [1.82, 2.24) is 0 Å². The third kappa shape index (κ3) is 5.47. The predicted molar refractivity (Wildman–Crippen MR) is 85.3 cm³/mol. The summed E-state index contributed by atoms with van der Waals surface area (Å²) in [7, 11) is 0.374. The van der Waals surface area contributed by atoms with Gasteiger partial charge in [0.2, 0.25) is 0 Å². The number of carbonyl (C=O) groups is 1. The molecule has 20 heavy (non-hydrogen) atoms. The summed E-state index contributed by atoms with van der Waals surface area (Å²) >= 11 is 0. The molecule has 4 heteroatoms. The van der Waals surface area contributed by atoms with Crippen molar-refractivity contribution in [2.75, 3.05) is 20.3 Å². The highest BCUT2D eigenvalue weighted by atomic mass is 28.3. The van der Waals surface area contributed by atoms with Gasteiger partial charge in [-0.05, 0) is 30.9 Å². The van der Waals surface area contributed by atoms with E-state index in [1.54, 1.807) is 13.2 Å². The Morgan fingerprint density at radius 1 is 1.30 bits per heavy atom. The van der Waals surface area contributed by atoms with Gasteiger partial charge >= 0.3 is 5.97 Å². The van der Waals surface area contributed by atoms with Gasteiger partial charge in [-0.3, -0.25) is 0 Å². The maximum absolute atomic E-state index is 11.6. The largest absolute Gasteiger partial charge is 0.463 e. The van der Waals surface area contributed by atoms with Gasteiger partial charge in [0.25, 0.3) is 0 Å². The van der Waals surface area contributed by atoms with Gasteiger partial charge in [0, 0.05) is 13.2 Å². The van der Waals surface area contributed by atoms with Crippen LogP contribution in [0.5, 0.6) is 0 Å². The van der Waals surface area contributed by atoms with E-state index >= 15 is 0 Å². The van der Waals surface area contributed by atoms with Crippen LogP contribution in [0.25, 0.3) is 0 Å². The molecular formula is C16H26O3Si. The van der Waals surface area contributed by atoms with Crippen molar-refractivity contribution in [1.29, 1.82) is 0 Å². The van der Waals surface area contributed by atoms with E-state index < -0.39 is 8.07 Å². The van der Waals surface area contributed by atoms with Gasteiger partial charge in [0.15, 0.2) is 0 Å². The lowest BCUT2D eigenvalue weighted by Crippen LogP contribution is -2.24. The molecule has 1 aliphatic rings. The molecule has 0 heterocycles. The SMILES string of the molecule is CCOC(=O)/C=C1/C=C(COC)C=C([Si](C)(C)C)CC1. The Morgan fingerprint density at radius 3 is 2.55 bits per heavy atom. The molecule has 0 atom stereocenters. The van der Waals surface area contributed by atoms with Gasteiger partial charge in [0.05, 0.1) is 21.3 Å². The molecule has 0 bridgehead atoms. The monoisotopic (exact) mass is 294 g/mol. The molecule has 0 fully saturated rings. The van der Waals surface area contributed by atoms with Crippen molar-refractivity contribution in [3.05, 3.63) is 34.6 Å². The van der Waals surface area contributed by atoms with Crippen LogP contribution in [0.3, 0.4) is 0 Å². The van der Waals surface area contributed by atoms with Gasteiger partial charge in [-0.2, -0.15) is 0 Å².